The summed E-state index contributed by atoms with van der Waals surface area (Å²) in [6, 6.07) is 4.84. The summed E-state index contributed by atoms with van der Waals surface area (Å²) in [7, 11) is 1.40. The molecule has 0 fully saturated rings. The first-order valence-corrected chi connectivity index (χ1v) is 5.04. The Morgan fingerprint density at radius 1 is 1.56 bits per heavy atom. The van der Waals surface area contributed by atoms with Crippen LogP contribution in [0.5, 0.6) is 5.75 Å². The van der Waals surface area contributed by atoms with Gasteiger partial charge in [-0.3, -0.25) is 10.1 Å². The van der Waals surface area contributed by atoms with Crippen LogP contribution in [0.15, 0.2) is 18.2 Å². The highest BCUT2D eigenvalue weighted by Crippen LogP contribution is 2.27. The minimum Gasteiger partial charge on any atom is -0.490 e. The summed E-state index contributed by atoms with van der Waals surface area (Å²) in [6.45, 7) is 1.69. The smallest absolute Gasteiger partial charge is 0.311 e. The molecule has 0 spiro atoms. The van der Waals surface area contributed by atoms with Crippen molar-refractivity contribution in [3.63, 3.8) is 0 Å². The van der Waals surface area contributed by atoms with Crippen LogP contribution in [-0.4, -0.2) is 23.2 Å². The van der Waals surface area contributed by atoms with Gasteiger partial charge in [0.2, 0.25) is 0 Å². The van der Waals surface area contributed by atoms with Gasteiger partial charge in [-0.15, -0.1) is 0 Å². The zero-order valence-corrected chi connectivity index (χ0v) is 9.34. The van der Waals surface area contributed by atoms with Crippen molar-refractivity contribution in [1.82, 2.24) is 0 Å². The highest BCUT2D eigenvalue weighted by Gasteiger charge is 2.14. The Kier molecular flexibility index (Phi) is 4.25. The number of aliphatic hydroxyl groups excluding tert-OH is 1. The molecule has 1 aromatic rings. The van der Waals surface area contributed by atoms with Crippen LogP contribution in [-0.2, 0) is 6.42 Å². The number of hydrogen-bond donors (Lipinski definition) is 1. The van der Waals surface area contributed by atoms with Crippen LogP contribution in [0.4, 0.5) is 5.69 Å². The third kappa shape index (κ3) is 3.20. The predicted molar refractivity (Wildman–Crippen MR) is 59.7 cm³/mol. The summed E-state index contributed by atoms with van der Waals surface area (Å²) in [4.78, 5) is 10.3. The average molecular weight is 225 g/mol. The van der Waals surface area contributed by atoms with Gasteiger partial charge in [-0.1, -0.05) is 6.07 Å². The van der Waals surface area contributed by atoms with E-state index in [1.54, 1.807) is 19.1 Å². The molecular formula is C11H15NO4. The molecule has 0 aromatic heterocycles. The van der Waals surface area contributed by atoms with Crippen LogP contribution in [0.3, 0.4) is 0 Å². The molecule has 1 atom stereocenters. The number of aryl methyl sites for hydroxylation is 1. The van der Waals surface area contributed by atoms with Crippen molar-refractivity contribution in [1.29, 1.82) is 0 Å². The van der Waals surface area contributed by atoms with Crippen LogP contribution >= 0.6 is 0 Å². The maximum atomic E-state index is 10.7. The van der Waals surface area contributed by atoms with Crippen LogP contribution < -0.4 is 4.74 Å². The zero-order chi connectivity index (χ0) is 12.1. The minimum absolute atomic E-state index is 0.0365. The molecule has 1 aromatic carbocycles. The van der Waals surface area contributed by atoms with E-state index in [-0.39, 0.29) is 11.4 Å². The fourth-order valence-electron chi connectivity index (χ4n) is 1.41. The number of benzene rings is 1. The number of methoxy groups -OCH3 is 1. The monoisotopic (exact) mass is 225 g/mol. The molecule has 0 bridgehead atoms. The zero-order valence-electron chi connectivity index (χ0n) is 9.34. The van der Waals surface area contributed by atoms with Crippen LogP contribution in [0.2, 0.25) is 0 Å². The van der Waals surface area contributed by atoms with Crippen molar-refractivity contribution in [2.45, 2.75) is 25.9 Å². The quantitative estimate of drug-likeness (QED) is 0.613. The minimum atomic E-state index is -0.468. The second-order valence-electron chi connectivity index (χ2n) is 3.65. The van der Waals surface area contributed by atoms with Gasteiger partial charge in [-0.05, 0) is 31.4 Å². The summed E-state index contributed by atoms with van der Waals surface area (Å²) in [5.74, 6) is 0.255. The molecule has 88 valence electrons. The Balaban J connectivity index is 2.89. The van der Waals surface area contributed by atoms with Crippen LogP contribution in [0.25, 0.3) is 0 Å². The van der Waals surface area contributed by atoms with E-state index in [1.807, 2.05) is 0 Å². The lowest BCUT2D eigenvalue weighted by Gasteiger charge is -2.06. The van der Waals surface area contributed by atoms with Crippen molar-refractivity contribution in [2.24, 2.45) is 0 Å². The van der Waals surface area contributed by atoms with Gasteiger partial charge in [0.15, 0.2) is 5.75 Å². The molecular weight excluding hydrogens is 210 g/mol. The summed E-state index contributed by atoms with van der Waals surface area (Å²) >= 11 is 0. The Labute approximate surface area is 93.8 Å². The van der Waals surface area contributed by atoms with Crippen LogP contribution in [0, 0.1) is 10.1 Å². The molecule has 1 rings (SSSR count). The van der Waals surface area contributed by atoms with E-state index in [0.29, 0.717) is 12.8 Å². The third-order valence-electron chi connectivity index (χ3n) is 2.29. The number of aliphatic hydroxyl groups is 1. The number of rotatable bonds is 5. The van der Waals surface area contributed by atoms with Crippen molar-refractivity contribution < 1.29 is 14.8 Å². The van der Waals surface area contributed by atoms with E-state index in [2.05, 4.69) is 0 Å². The fourth-order valence-corrected chi connectivity index (χ4v) is 1.41. The highest BCUT2D eigenvalue weighted by molar-refractivity contribution is 5.48. The molecule has 5 nitrogen and oxygen atoms in total. The van der Waals surface area contributed by atoms with Gasteiger partial charge in [0.25, 0.3) is 0 Å². The molecule has 16 heavy (non-hydrogen) atoms. The summed E-state index contributed by atoms with van der Waals surface area (Å²) in [5.41, 5.74) is 0.791. The van der Waals surface area contributed by atoms with E-state index < -0.39 is 11.0 Å². The van der Waals surface area contributed by atoms with Gasteiger partial charge >= 0.3 is 5.69 Å². The Hall–Kier alpha value is -1.62. The summed E-state index contributed by atoms with van der Waals surface area (Å²) in [6.07, 6.45) is 0.799. The first-order chi connectivity index (χ1) is 7.54. The van der Waals surface area contributed by atoms with Gasteiger partial charge in [0.1, 0.15) is 0 Å². The number of hydrogen-bond acceptors (Lipinski definition) is 4. The van der Waals surface area contributed by atoms with Crippen molar-refractivity contribution in [3.05, 3.63) is 33.9 Å². The van der Waals surface area contributed by atoms with E-state index in [9.17, 15) is 10.1 Å². The molecule has 0 saturated carbocycles. The first kappa shape index (κ1) is 12.4. The predicted octanol–water partition coefficient (Wildman–Crippen LogP) is 1.92. The highest BCUT2D eigenvalue weighted by atomic mass is 16.6. The lowest BCUT2D eigenvalue weighted by Crippen LogP contribution is -2.02. The van der Waals surface area contributed by atoms with Crippen molar-refractivity contribution in [2.75, 3.05) is 7.11 Å². The van der Waals surface area contributed by atoms with Gasteiger partial charge in [0, 0.05) is 6.07 Å². The lowest BCUT2D eigenvalue weighted by molar-refractivity contribution is -0.385. The van der Waals surface area contributed by atoms with Gasteiger partial charge in [-0.2, -0.15) is 0 Å². The fraction of sp³-hybridized carbons (Fsp3) is 0.455. The van der Waals surface area contributed by atoms with Gasteiger partial charge in [-0.25, -0.2) is 0 Å². The molecule has 0 aliphatic rings. The van der Waals surface area contributed by atoms with Crippen molar-refractivity contribution >= 4 is 5.69 Å². The topological polar surface area (TPSA) is 72.6 Å². The number of nitrogens with zero attached hydrogens (tertiary/aromatic N) is 1. The number of nitro groups is 1. The maximum absolute atomic E-state index is 10.7. The summed E-state index contributed by atoms with van der Waals surface area (Å²) in [5, 5.41) is 19.9. The molecule has 1 N–H and O–H groups in total. The van der Waals surface area contributed by atoms with E-state index in [1.165, 1.54) is 13.2 Å². The molecule has 0 amide bonds. The number of nitro benzene ring substituents is 1. The standard InChI is InChI=1S/C11H15NO4/c1-8(13)3-4-9-5-6-11(16-2)10(7-9)12(14)15/h5-8,13H,3-4H2,1-2H3/t8-/m0/s1. The molecule has 0 aliphatic carbocycles. The molecule has 0 aliphatic heterocycles. The van der Waals surface area contributed by atoms with Crippen molar-refractivity contribution in [3.8, 4) is 5.75 Å². The van der Waals surface area contributed by atoms with Crippen LogP contribution in [0.1, 0.15) is 18.9 Å². The average Bonchev–Trinajstić information content (AvgIpc) is 2.25. The van der Waals surface area contributed by atoms with Gasteiger partial charge in [0.05, 0.1) is 18.1 Å². The summed E-state index contributed by atoms with van der Waals surface area (Å²) < 4.78 is 4.90. The normalized spacial score (nSPS) is 12.2. The lowest BCUT2D eigenvalue weighted by atomic mass is 10.1. The second-order valence-corrected chi connectivity index (χ2v) is 3.65. The Morgan fingerprint density at radius 2 is 2.25 bits per heavy atom. The first-order valence-electron chi connectivity index (χ1n) is 5.04. The number of ether oxygens (including phenoxy) is 1. The van der Waals surface area contributed by atoms with E-state index in [4.69, 9.17) is 9.84 Å². The SMILES string of the molecule is COc1ccc(CC[C@H](C)O)cc1[N+](=O)[O-]. The third-order valence-corrected chi connectivity index (χ3v) is 2.29. The molecule has 5 heteroatoms. The molecule has 0 radical (unpaired) electrons. The van der Waals surface area contributed by atoms with E-state index in [0.717, 1.165) is 5.56 Å². The Bertz CT molecular complexity index is 376. The van der Waals surface area contributed by atoms with E-state index >= 15 is 0 Å². The molecule has 0 unspecified atom stereocenters. The second kappa shape index (κ2) is 5.46. The van der Waals surface area contributed by atoms with Gasteiger partial charge < -0.3 is 9.84 Å². The molecule has 0 saturated heterocycles. The largest absolute Gasteiger partial charge is 0.490 e. The Morgan fingerprint density at radius 3 is 2.75 bits per heavy atom. The maximum Gasteiger partial charge on any atom is 0.311 e. The molecule has 0 heterocycles.